The molecule has 2 N–H and O–H groups in total. The quantitative estimate of drug-likeness (QED) is 0.873. The first-order valence-corrected chi connectivity index (χ1v) is 7.74. The van der Waals surface area contributed by atoms with E-state index >= 15 is 0 Å². The number of nitrogens with zero attached hydrogens (tertiary/aromatic N) is 2. The van der Waals surface area contributed by atoms with Crippen molar-refractivity contribution in [1.29, 1.82) is 0 Å². The third kappa shape index (κ3) is 3.76. The fraction of sp³-hybridized carbons (Fsp3) is 0.438. The molecule has 0 radical (unpaired) electrons. The molecule has 0 bridgehead atoms. The minimum Gasteiger partial charge on any atom is -0.370 e. The number of carbonyl (C=O) groups is 1. The molecule has 2 heterocycles. The van der Waals surface area contributed by atoms with E-state index in [0.717, 1.165) is 24.6 Å². The lowest BCUT2D eigenvalue weighted by Crippen LogP contribution is -2.32. The first-order chi connectivity index (χ1) is 11.5. The van der Waals surface area contributed by atoms with Gasteiger partial charge in [0.25, 0.3) is 0 Å². The second-order valence-electron chi connectivity index (χ2n) is 5.84. The molecule has 128 valence electrons. The lowest BCUT2D eigenvalue weighted by atomic mass is 10.0. The standard InChI is InChI=1S/C16H18F2N4O2/c1-9-20-16(22-21-9)15-10(4-5-24-15)8-19-14(23)7-11-6-12(17)2-3-13(11)18/h2-3,6,10,15H,4-5,7-8H2,1H3,(H,19,23)(H,20,21,22)/t10-,15-/m0/s1. The molecule has 2 atom stereocenters. The number of amides is 1. The predicted octanol–water partition coefficient (Wildman–Crippen LogP) is 1.83. The van der Waals surface area contributed by atoms with Crippen LogP contribution in [0.4, 0.5) is 8.78 Å². The number of aromatic nitrogens is 3. The molecule has 0 unspecified atom stereocenters. The van der Waals surface area contributed by atoms with Gasteiger partial charge in [-0.05, 0) is 31.5 Å². The molecule has 2 aromatic rings. The number of hydrogen-bond acceptors (Lipinski definition) is 4. The van der Waals surface area contributed by atoms with Gasteiger partial charge in [0.1, 0.15) is 23.6 Å². The highest BCUT2D eigenvalue weighted by atomic mass is 19.1. The lowest BCUT2D eigenvalue weighted by molar-refractivity contribution is -0.120. The van der Waals surface area contributed by atoms with Gasteiger partial charge in [0.2, 0.25) is 5.91 Å². The van der Waals surface area contributed by atoms with Gasteiger partial charge in [0.15, 0.2) is 5.82 Å². The Morgan fingerprint density at radius 1 is 1.46 bits per heavy atom. The van der Waals surface area contributed by atoms with Crippen molar-refractivity contribution < 1.29 is 18.3 Å². The molecule has 0 saturated carbocycles. The minimum absolute atomic E-state index is 0.0383. The fourth-order valence-electron chi connectivity index (χ4n) is 2.77. The van der Waals surface area contributed by atoms with Crippen molar-refractivity contribution in [2.75, 3.05) is 13.2 Å². The van der Waals surface area contributed by atoms with Gasteiger partial charge < -0.3 is 10.1 Å². The smallest absolute Gasteiger partial charge is 0.224 e. The highest BCUT2D eigenvalue weighted by Gasteiger charge is 2.32. The molecule has 1 aliphatic heterocycles. The van der Waals surface area contributed by atoms with E-state index < -0.39 is 11.6 Å². The third-order valence-electron chi connectivity index (χ3n) is 4.00. The number of aryl methyl sites for hydroxylation is 1. The van der Waals surface area contributed by atoms with Crippen molar-refractivity contribution >= 4 is 5.91 Å². The van der Waals surface area contributed by atoms with E-state index in [2.05, 4.69) is 20.5 Å². The van der Waals surface area contributed by atoms with Crippen molar-refractivity contribution in [3.8, 4) is 0 Å². The monoisotopic (exact) mass is 336 g/mol. The van der Waals surface area contributed by atoms with Crippen molar-refractivity contribution in [2.45, 2.75) is 25.9 Å². The van der Waals surface area contributed by atoms with Crippen LogP contribution in [0.25, 0.3) is 0 Å². The van der Waals surface area contributed by atoms with Crippen molar-refractivity contribution in [1.82, 2.24) is 20.5 Å². The van der Waals surface area contributed by atoms with Crippen molar-refractivity contribution in [2.24, 2.45) is 5.92 Å². The van der Waals surface area contributed by atoms with Gasteiger partial charge in [0.05, 0.1) is 6.42 Å². The highest BCUT2D eigenvalue weighted by Crippen LogP contribution is 2.32. The Balaban J connectivity index is 1.56. The van der Waals surface area contributed by atoms with Crippen molar-refractivity contribution in [3.63, 3.8) is 0 Å². The van der Waals surface area contributed by atoms with E-state index in [4.69, 9.17) is 4.74 Å². The number of benzene rings is 1. The topological polar surface area (TPSA) is 79.9 Å². The normalized spacial score (nSPS) is 20.3. The maximum atomic E-state index is 13.6. The molecular formula is C16H18F2N4O2. The van der Waals surface area contributed by atoms with Gasteiger partial charge in [0, 0.05) is 24.6 Å². The number of hydrogen-bond donors (Lipinski definition) is 2. The largest absolute Gasteiger partial charge is 0.370 e. The summed E-state index contributed by atoms with van der Waals surface area (Å²) in [5.41, 5.74) is 0.0383. The molecule has 1 fully saturated rings. The molecule has 1 aliphatic rings. The molecule has 0 aliphatic carbocycles. The van der Waals surface area contributed by atoms with E-state index in [9.17, 15) is 13.6 Å². The summed E-state index contributed by atoms with van der Waals surface area (Å²) in [7, 11) is 0. The third-order valence-corrected chi connectivity index (χ3v) is 4.00. The van der Waals surface area contributed by atoms with Crippen LogP contribution in [0.1, 0.15) is 29.7 Å². The van der Waals surface area contributed by atoms with Crippen LogP contribution < -0.4 is 5.32 Å². The van der Waals surface area contributed by atoms with Crippen LogP contribution in [-0.2, 0) is 16.0 Å². The van der Waals surface area contributed by atoms with E-state index in [1.165, 1.54) is 0 Å². The van der Waals surface area contributed by atoms with Gasteiger partial charge >= 0.3 is 0 Å². The molecule has 1 saturated heterocycles. The highest BCUT2D eigenvalue weighted by molar-refractivity contribution is 5.78. The van der Waals surface area contributed by atoms with E-state index in [1.807, 2.05) is 0 Å². The first-order valence-electron chi connectivity index (χ1n) is 7.74. The lowest BCUT2D eigenvalue weighted by Gasteiger charge is -2.16. The zero-order chi connectivity index (χ0) is 17.1. The molecule has 1 amide bonds. The van der Waals surface area contributed by atoms with Gasteiger partial charge in [-0.25, -0.2) is 13.8 Å². The Hall–Kier alpha value is -2.35. The summed E-state index contributed by atoms with van der Waals surface area (Å²) >= 11 is 0. The number of halogens is 2. The SMILES string of the molecule is Cc1nc([C@H]2OCC[C@H]2CNC(=O)Cc2cc(F)ccc2F)n[nH]1. The molecule has 8 heteroatoms. The second-order valence-corrected chi connectivity index (χ2v) is 5.84. The molecule has 1 aromatic heterocycles. The Morgan fingerprint density at radius 2 is 2.29 bits per heavy atom. The molecular weight excluding hydrogens is 318 g/mol. The van der Waals surface area contributed by atoms with Crippen LogP contribution in [0, 0.1) is 24.5 Å². The summed E-state index contributed by atoms with van der Waals surface area (Å²) in [6.07, 6.45) is 0.287. The van der Waals surface area contributed by atoms with Crippen LogP contribution in [0.3, 0.4) is 0 Å². The maximum Gasteiger partial charge on any atom is 0.224 e. The second kappa shape index (κ2) is 7.04. The van der Waals surface area contributed by atoms with E-state index in [1.54, 1.807) is 6.92 Å². The van der Waals surface area contributed by atoms with Gasteiger partial charge in [-0.1, -0.05) is 0 Å². The molecule has 3 rings (SSSR count). The van der Waals surface area contributed by atoms with Crippen LogP contribution >= 0.6 is 0 Å². The Bertz CT molecular complexity index is 735. The fourth-order valence-corrected chi connectivity index (χ4v) is 2.77. The average Bonchev–Trinajstić information content (AvgIpc) is 3.17. The van der Waals surface area contributed by atoms with Gasteiger partial charge in [-0.15, -0.1) is 0 Å². The predicted molar refractivity (Wildman–Crippen MR) is 81.0 cm³/mol. The van der Waals surface area contributed by atoms with Crippen molar-refractivity contribution in [3.05, 3.63) is 47.0 Å². The van der Waals surface area contributed by atoms with Gasteiger partial charge in [-0.2, -0.15) is 5.10 Å². The summed E-state index contributed by atoms with van der Waals surface area (Å²) in [6.45, 7) is 2.74. The molecule has 1 aromatic carbocycles. The van der Waals surface area contributed by atoms with E-state index in [-0.39, 0.29) is 29.9 Å². The van der Waals surface area contributed by atoms with Crippen LogP contribution in [0.5, 0.6) is 0 Å². The summed E-state index contributed by atoms with van der Waals surface area (Å²) in [4.78, 5) is 16.3. The summed E-state index contributed by atoms with van der Waals surface area (Å²) in [6, 6.07) is 3.08. The Morgan fingerprint density at radius 3 is 3.04 bits per heavy atom. The van der Waals surface area contributed by atoms with Crippen LogP contribution in [0.2, 0.25) is 0 Å². The minimum atomic E-state index is -0.593. The number of nitrogens with one attached hydrogen (secondary N) is 2. The summed E-state index contributed by atoms with van der Waals surface area (Å²) < 4.78 is 32.4. The average molecular weight is 336 g/mol. The molecule has 24 heavy (non-hydrogen) atoms. The number of H-pyrrole nitrogens is 1. The first kappa shape index (κ1) is 16.5. The number of rotatable bonds is 5. The maximum absolute atomic E-state index is 13.6. The Labute approximate surface area is 137 Å². The van der Waals surface area contributed by atoms with Crippen LogP contribution in [-0.4, -0.2) is 34.2 Å². The zero-order valence-corrected chi connectivity index (χ0v) is 13.2. The summed E-state index contributed by atoms with van der Waals surface area (Å²) in [5, 5.41) is 9.62. The molecule has 0 spiro atoms. The van der Waals surface area contributed by atoms with Gasteiger partial charge in [-0.3, -0.25) is 9.89 Å². The Kier molecular flexibility index (Phi) is 4.84. The number of ether oxygens (including phenoxy) is 1. The molecule has 6 nitrogen and oxygen atoms in total. The number of aromatic amines is 1. The van der Waals surface area contributed by atoms with Crippen LogP contribution in [0.15, 0.2) is 18.2 Å². The zero-order valence-electron chi connectivity index (χ0n) is 13.2. The number of carbonyl (C=O) groups excluding carboxylic acids is 1. The van der Waals surface area contributed by atoms with E-state index in [0.29, 0.717) is 24.8 Å². The summed E-state index contributed by atoms with van der Waals surface area (Å²) in [5.74, 6) is -0.212.